The highest BCUT2D eigenvalue weighted by Crippen LogP contribution is 2.18. The van der Waals surface area contributed by atoms with Crippen LogP contribution in [0.15, 0.2) is 22.7 Å². The second-order valence-electron chi connectivity index (χ2n) is 4.85. The molecule has 1 aliphatic rings. The van der Waals surface area contributed by atoms with Crippen molar-refractivity contribution in [1.82, 2.24) is 10.2 Å². The van der Waals surface area contributed by atoms with Gasteiger partial charge in [-0.3, -0.25) is 9.59 Å². The Morgan fingerprint density at radius 2 is 2.00 bits per heavy atom. The molecule has 108 valence electrons. The van der Waals surface area contributed by atoms with Crippen molar-refractivity contribution in [1.29, 1.82) is 0 Å². The number of halogens is 2. The van der Waals surface area contributed by atoms with E-state index in [-0.39, 0.29) is 5.91 Å². The van der Waals surface area contributed by atoms with Gasteiger partial charge in [-0.1, -0.05) is 0 Å². The van der Waals surface area contributed by atoms with Crippen molar-refractivity contribution >= 4 is 27.7 Å². The SMILES string of the molecule is CC(NC(=O)c1ccc(F)cc1Br)C(=O)N1CCCC1. The predicted molar refractivity (Wildman–Crippen MR) is 76.8 cm³/mol. The number of nitrogens with one attached hydrogen (secondary N) is 1. The number of likely N-dealkylation sites (tertiary alicyclic amines) is 1. The summed E-state index contributed by atoms with van der Waals surface area (Å²) < 4.78 is 13.4. The summed E-state index contributed by atoms with van der Waals surface area (Å²) >= 11 is 3.14. The van der Waals surface area contributed by atoms with Gasteiger partial charge in [0.2, 0.25) is 5.91 Å². The standard InChI is InChI=1S/C14H16BrFN2O2/c1-9(14(20)18-6-2-3-7-18)17-13(19)11-5-4-10(16)8-12(11)15/h4-5,8-9H,2-3,6-7H2,1H3,(H,17,19). The van der Waals surface area contributed by atoms with E-state index in [0.29, 0.717) is 10.0 Å². The lowest BCUT2D eigenvalue weighted by Crippen LogP contribution is -2.46. The third-order valence-electron chi connectivity index (χ3n) is 3.31. The maximum Gasteiger partial charge on any atom is 0.253 e. The van der Waals surface area contributed by atoms with E-state index in [2.05, 4.69) is 21.2 Å². The van der Waals surface area contributed by atoms with Gasteiger partial charge in [-0.25, -0.2) is 4.39 Å². The van der Waals surface area contributed by atoms with Crippen LogP contribution in [-0.2, 0) is 4.79 Å². The number of hydrogen-bond acceptors (Lipinski definition) is 2. The molecular weight excluding hydrogens is 327 g/mol. The summed E-state index contributed by atoms with van der Waals surface area (Å²) in [6, 6.07) is 3.24. The lowest BCUT2D eigenvalue weighted by Gasteiger charge is -2.21. The molecule has 1 heterocycles. The van der Waals surface area contributed by atoms with Gasteiger partial charge in [0.15, 0.2) is 0 Å². The summed E-state index contributed by atoms with van der Waals surface area (Å²) in [5, 5.41) is 2.65. The molecule has 1 aromatic carbocycles. The van der Waals surface area contributed by atoms with Gasteiger partial charge in [-0.15, -0.1) is 0 Å². The molecule has 0 bridgehead atoms. The first-order valence-corrected chi connectivity index (χ1v) is 7.33. The van der Waals surface area contributed by atoms with Crippen LogP contribution in [0.5, 0.6) is 0 Å². The molecule has 6 heteroatoms. The summed E-state index contributed by atoms with van der Waals surface area (Å²) in [4.78, 5) is 25.9. The number of amides is 2. The van der Waals surface area contributed by atoms with Crippen LogP contribution >= 0.6 is 15.9 Å². The van der Waals surface area contributed by atoms with Crippen molar-refractivity contribution in [3.05, 3.63) is 34.1 Å². The Hall–Kier alpha value is -1.43. The Bertz CT molecular complexity index is 530. The van der Waals surface area contributed by atoms with Crippen LogP contribution in [0, 0.1) is 5.82 Å². The first-order chi connectivity index (χ1) is 9.49. The fraction of sp³-hybridized carbons (Fsp3) is 0.429. The summed E-state index contributed by atoms with van der Waals surface area (Å²) in [5.41, 5.74) is 0.312. The molecule has 1 aliphatic heterocycles. The van der Waals surface area contributed by atoms with Crippen LogP contribution in [0.4, 0.5) is 4.39 Å². The van der Waals surface area contributed by atoms with Gasteiger partial charge < -0.3 is 10.2 Å². The molecule has 0 saturated carbocycles. The molecule has 1 saturated heterocycles. The maximum atomic E-state index is 13.0. The fourth-order valence-electron chi connectivity index (χ4n) is 2.22. The number of nitrogens with zero attached hydrogens (tertiary/aromatic N) is 1. The molecule has 2 amide bonds. The van der Waals surface area contributed by atoms with Crippen LogP contribution in [0.25, 0.3) is 0 Å². The number of benzene rings is 1. The Kier molecular flexibility index (Phi) is 4.75. The van der Waals surface area contributed by atoms with Crippen molar-refractivity contribution in [2.45, 2.75) is 25.8 Å². The van der Waals surface area contributed by atoms with E-state index < -0.39 is 17.8 Å². The minimum Gasteiger partial charge on any atom is -0.341 e. The minimum atomic E-state index is -0.586. The second kappa shape index (κ2) is 6.35. The Labute approximate surface area is 125 Å². The highest BCUT2D eigenvalue weighted by molar-refractivity contribution is 9.10. The van der Waals surface area contributed by atoms with E-state index >= 15 is 0 Å². The lowest BCUT2D eigenvalue weighted by atomic mass is 10.2. The van der Waals surface area contributed by atoms with Gasteiger partial charge in [-0.2, -0.15) is 0 Å². The van der Waals surface area contributed by atoms with E-state index in [1.165, 1.54) is 18.2 Å². The Balaban J connectivity index is 2.01. The highest BCUT2D eigenvalue weighted by atomic mass is 79.9. The molecule has 1 fully saturated rings. The molecule has 1 atom stereocenters. The topological polar surface area (TPSA) is 49.4 Å². The molecule has 2 rings (SSSR count). The molecule has 0 aromatic heterocycles. The van der Waals surface area contributed by atoms with E-state index in [1.54, 1.807) is 11.8 Å². The number of carbonyl (C=O) groups excluding carboxylic acids is 2. The molecule has 1 N–H and O–H groups in total. The lowest BCUT2D eigenvalue weighted by molar-refractivity contribution is -0.131. The van der Waals surface area contributed by atoms with Gasteiger partial charge in [0.25, 0.3) is 5.91 Å². The van der Waals surface area contributed by atoms with Gasteiger partial charge in [0, 0.05) is 17.6 Å². The summed E-state index contributed by atoms with van der Waals surface area (Å²) in [7, 11) is 0. The van der Waals surface area contributed by atoms with E-state index in [0.717, 1.165) is 25.9 Å². The zero-order valence-electron chi connectivity index (χ0n) is 11.2. The molecule has 1 aromatic rings. The van der Waals surface area contributed by atoms with Gasteiger partial charge >= 0.3 is 0 Å². The van der Waals surface area contributed by atoms with Gasteiger partial charge in [0.05, 0.1) is 5.56 Å². The quantitative estimate of drug-likeness (QED) is 0.916. The molecule has 0 spiro atoms. The Morgan fingerprint density at radius 3 is 2.60 bits per heavy atom. The van der Waals surface area contributed by atoms with Crippen LogP contribution < -0.4 is 5.32 Å². The highest BCUT2D eigenvalue weighted by Gasteiger charge is 2.25. The first-order valence-electron chi connectivity index (χ1n) is 6.54. The maximum absolute atomic E-state index is 13.0. The molecular formula is C14H16BrFN2O2. The minimum absolute atomic E-state index is 0.0749. The van der Waals surface area contributed by atoms with Crippen LogP contribution in [0.1, 0.15) is 30.1 Å². The number of carbonyl (C=O) groups is 2. The van der Waals surface area contributed by atoms with Gasteiger partial charge in [0.1, 0.15) is 11.9 Å². The van der Waals surface area contributed by atoms with E-state index in [4.69, 9.17) is 0 Å². The van der Waals surface area contributed by atoms with Crippen molar-refractivity contribution in [3.8, 4) is 0 Å². The van der Waals surface area contributed by atoms with Crippen LogP contribution in [0.3, 0.4) is 0 Å². The van der Waals surface area contributed by atoms with Crippen LogP contribution in [-0.4, -0.2) is 35.8 Å². The summed E-state index contributed by atoms with van der Waals surface area (Å²) in [6.07, 6.45) is 2.02. The second-order valence-corrected chi connectivity index (χ2v) is 5.71. The molecule has 0 radical (unpaired) electrons. The number of hydrogen-bond donors (Lipinski definition) is 1. The third kappa shape index (κ3) is 3.36. The van der Waals surface area contributed by atoms with Crippen molar-refractivity contribution in [2.75, 3.05) is 13.1 Å². The average Bonchev–Trinajstić information content (AvgIpc) is 2.91. The molecule has 4 nitrogen and oxygen atoms in total. The van der Waals surface area contributed by atoms with E-state index in [1.807, 2.05) is 0 Å². The largest absolute Gasteiger partial charge is 0.341 e. The van der Waals surface area contributed by atoms with Crippen molar-refractivity contribution in [2.24, 2.45) is 0 Å². The van der Waals surface area contributed by atoms with E-state index in [9.17, 15) is 14.0 Å². The monoisotopic (exact) mass is 342 g/mol. The zero-order chi connectivity index (χ0) is 14.7. The van der Waals surface area contributed by atoms with Crippen LogP contribution in [0.2, 0.25) is 0 Å². The normalized spacial score (nSPS) is 16.1. The predicted octanol–water partition coefficient (Wildman–Crippen LogP) is 2.33. The molecule has 1 unspecified atom stereocenters. The smallest absolute Gasteiger partial charge is 0.253 e. The summed E-state index contributed by atoms with van der Waals surface area (Å²) in [5.74, 6) is -0.888. The fourth-order valence-corrected chi connectivity index (χ4v) is 2.75. The first kappa shape index (κ1) is 15.0. The summed E-state index contributed by atoms with van der Waals surface area (Å²) in [6.45, 7) is 3.16. The zero-order valence-corrected chi connectivity index (χ0v) is 12.7. The third-order valence-corrected chi connectivity index (χ3v) is 3.97. The van der Waals surface area contributed by atoms with Crippen molar-refractivity contribution < 1.29 is 14.0 Å². The van der Waals surface area contributed by atoms with Crippen molar-refractivity contribution in [3.63, 3.8) is 0 Å². The Morgan fingerprint density at radius 1 is 1.35 bits per heavy atom. The molecule has 20 heavy (non-hydrogen) atoms. The average molecular weight is 343 g/mol. The van der Waals surface area contributed by atoms with Gasteiger partial charge in [-0.05, 0) is 53.9 Å². The molecule has 0 aliphatic carbocycles. The number of rotatable bonds is 3.